The molecule has 1 saturated heterocycles. The number of aromatic amines is 1. The van der Waals surface area contributed by atoms with Crippen molar-refractivity contribution in [2.45, 2.75) is 37.9 Å². The number of rotatable bonds is 6. The molecule has 0 amide bonds. The van der Waals surface area contributed by atoms with E-state index in [0.29, 0.717) is 30.8 Å². The van der Waals surface area contributed by atoms with E-state index in [2.05, 4.69) is 20.2 Å². The Hall–Kier alpha value is -0.970. The number of hydrogen-bond acceptors (Lipinski definition) is 6. The van der Waals surface area contributed by atoms with Crippen molar-refractivity contribution in [2.75, 3.05) is 18.1 Å². The molecule has 1 aromatic heterocycles. The largest absolute Gasteiger partial charge is 0.313 e. The highest BCUT2D eigenvalue weighted by Gasteiger charge is 2.33. The molecule has 8 nitrogen and oxygen atoms in total. The lowest BCUT2D eigenvalue weighted by Gasteiger charge is -2.11. The Morgan fingerprint density at radius 2 is 2.14 bits per heavy atom. The zero-order valence-electron chi connectivity index (χ0n) is 12.0. The lowest BCUT2D eigenvalue weighted by atomic mass is 10.2. The van der Waals surface area contributed by atoms with Crippen LogP contribution in [-0.4, -0.2) is 51.1 Å². The molecular weight excluding hydrogens is 316 g/mol. The molecule has 1 aliphatic rings. The van der Waals surface area contributed by atoms with Crippen molar-refractivity contribution < 1.29 is 16.8 Å². The quantitative estimate of drug-likeness (QED) is 0.631. The van der Waals surface area contributed by atoms with Gasteiger partial charge in [-0.25, -0.2) is 21.6 Å². The molecule has 2 rings (SSSR count). The molecule has 0 spiro atoms. The van der Waals surface area contributed by atoms with E-state index in [1.165, 1.54) is 0 Å². The van der Waals surface area contributed by atoms with Crippen LogP contribution in [0.5, 0.6) is 0 Å². The zero-order chi connectivity index (χ0) is 15.7. The lowest BCUT2D eigenvalue weighted by Crippen LogP contribution is -2.36. The van der Waals surface area contributed by atoms with E-state index < -0.39 is 25.9 Å². The van der Waals surface area contributed by atoms with Crippen molar-refractivity contribution in [3.05, 3.63) is 11.3 Å². The molecule has 120 valence electrons. The number of aryl methyl sites for hydroxylation is 1. The van der Waals surface area contributed by atoms with Crippen molar-refractivity contribution in [1.82, 2.24) is 20.2 Å². The van der Waals surface area contributed by atoms with Crippen LogP contribution in [0.4, 0.5) is 0 Å². The predicted molar refractivity (Wildman–Crippen MR) is 78.1 cm³/mol. The third-order valence-corrected chi connectivity index (χ3v) is 6.65. The Labute approximate surface area is 124 Å². The molecule has 3 N–H and O–H groups in total. The first kappa shape index (κ1) is 16.4. The number of hydrogen-bond donors (Lipinski definition) is 3. The van der Waals surface area contributed by atoms with E-state index in [1.54, 1.807) is 6.92 Å². The van der Waals surface area contributed by atoms with Gasteiger partial charge in [-0.2, -0.15) is 5.10 Å². The van der Waals surface area contributed by atoms with E-state index in [-0.39, 0.29) is 16.5 Å². The summed E-state index contributed by atoms with van der Waals surface area (Å²) in [5.41, 5.74) is 1.25. The second kappa shape index (κ2) is 6.03. The van der Waals surface area contributed by atoms with Gasteiger partial charge >= 0.3 is 0 Å². The number of sulfone groups is 1. The molecule has 1 aromatic rings. The highest BCUT2D eigenvalue weighted by Crippen LogP contribution is 2.19. The van der Waals surface area contributed by atoms with Gasteiger partial charge in [0.2, 0.25) is 0 Å². The van der Waals surface area contributed by atoms with Crippen LogP contribution in [0.1, 0.15) is 24.6 Å². The monoisotopic (exact) mass is 336 g/mol. The van der Waals surface area contributed by atoms with Crippen LogP contribution in [0.3, 0.4) is 0 Å². The van der Waals surface area contributed by atoms with Gasteiger partial charge in [0.25, 0.3) is 10.0 Å². The normalized spacial score (nSPS) is 21.7. The maximum absolute atomic E-state index is 12.4. The van der Waals surface area contributed by atoms with Crippen LogP contribution in [0.15, 0.2) is 5.03 Å². The summed E-state index contributed by atoms with van der Waals surface area (Å²) in [6.45, 7) is 4.76. The molecule has 1 fully saturated rings. The van der Waals surface area contributed by atoms with Crippen LogP contribution < -0.4 is 10.0 Å². The van der Waals surface area contributed by atoms with Gasteiger partial charge < -0.3 is 5.32 Å². The van der Waals surface area contributed by atoms with Crippen molar-refractivity contribution in [2.24, 2.45) is 0 Å². The number of nitrogens with zero attached hydrogens (tertiary/aromatic N) is 1. The van der Waals surface area contributed by atoms with Gasteiger partial charge in [-0.15, -0.1) is 0 Å². The third kappa shape index (κ3) is 3.82. The van der Waals surface area contributed by atoms with Gasteiger partial charge in [-0.1, -0.05) is 6.92 Å². The van der Waals surface area contributed by atoms with Gasteiger partial charge in [-0.05, 0) is 19.9 Å². The standard InChI is InChI=1S/C11H20N4O4S2/c1-3-12-6-10-8(2)13-14-11(10)21(18,19)15-9-4-5-20(16,17)7-9/h9,12,15H,3-7H2,1-2H3,(H,13,14). The van der Waals surface area contributed by atoms with Crippen molar-refractivity contribution >= 4 is 19.9 Å². The molecule has 0 saturated carbocycles. The second-order valence-corrected chi connectivity index (χ2v) is 8.99. The number of nitrogens with one attached hydrogen (secondary N) is 3. The second-order valence-electron chi connectivity index (χ2n) is 5.13. The highest BCUT2D eigenvalue weighted by molar-refractivity contribution is 7.92. The van der Waals surface area contributed by atoms with Crippen molar-refractivity contribution in [1.29, 1.82) is 0 Å². The third-order valence-electron chi connectivity index (χ3n) is 3.40. The fraction of sp³-hybridized carbons (Fsp3) is 0.727. The molecule has 1 unspecified atom stereocenters. The summed E-state index contributed by atoms with van der Waals surface area (Å²) < 4.78 is 50.0. The van der Waals surface area contributed by atoms with E-state index in [1.807, 2.05) is 6.92 Å². The van der Waals surface area contributed by atoms with Gasteiger partial charge in [0, 0.05) is 23.8 Å². The molecule has 1 aliphatic heterocycles. The summed E-state index contributed by atoms with van der Waals surface area (Å²) in [6, 6.07) is -0.580. The van der Waals surface area contributed by atoms with Crippen LogP contribution in [-0.2, 0) is 26.4 Å². The number of sulfonamides is 1. The summed E-state index contributed by atoms with van der Waals surface area (Å²) in [5.74, 6) is -0.137. The zero-order valence-corrected chi connectivity index (χ0v) is 13.6. The van der Waals surface area contributed by atoms with Gasteiger partial charge in [0.05, 0.1) is 11.5 Å². The van der Waals surface area contributed by atoms with Crippen molar-refractivity contribution in [3.63, 3.8) is 0 Å². The average molecular weight is 336 g/mol. The van der Waals surface area contributed by atoms with Crippen molar-refractivity contribution in [3.8, 4) is 0 Å². The summed E-state index contributed by atoms with van der Waals surface area (Å²) in [4.78, 5) is 0. The first-order valence-corrected chi connectivity index (χ1v) is 10.0. The predicted octanol–water partition coefficient (Wildman–Crippen LogP) is -0.707. The van der Waals surface area contributed by atoms with Crippen LogP contribution in [0.25, 0.3) is 0 Å². The molecule has 2 heterocycles. The Bertz CT molecular complexity index is 709. The first-order valence-electron chi connectivity index (χ1n) is 6.72. The minimum absolute atomic E-state index is 0.0179. The minimum Gasteiger partial charge on any atom is -0.313 e. The number of H-pyrrole nitrogens is 1. The minimum atomic E-state index is -3.83. The van der Waals surface area contributed by atoms with E-state index in [4.69, 9.17) is 0 Å². The Morgan fingerprint density at radius 1 is 1.43 bits per heavy atom. The average Bonchev–Trinajstić information content (AvgIpc) is 2.90. The van der Waals surface area contributed by atoms with Gasteiger partial charge in [-0.3, -0.25) is 5.10 Å². The summed E-state index contributed by atoms with van der Waals surface area (Å²) in [6.07, 6.45) is 0.299. The van der Waals surface area contributed by atoms with Crippen LogP contribution in [0.2, 0.25) is 0 Å². The Morgan fingerprint density at radius 3 is 2.71 bits per heavy atom. The Kier molecular flexibility index (Phi) is 4.71. The maximum Gasteiger partial charge on any atom is 0.260 e. The molecule has 21 heavy (non-hydrogen) atoms. The summed E-state index contributed by atoms with van der Waals surface area (Å²) in [5, 5.41) is 9.52. The Balaban J connectivity index is 2.20. The SMILES string of the molecule is CCNCc1c(S(=O)(=O)NC2CCS(=O)(=O)C2)n[nH]c1C. The fourth-order valence-corrected chi connectivity index (χ4v) is 5.52. The topological polar surface area (TPSA) is 121 Å². The first-order chi connectivity index (χ1) is 9.75. The van der Waals surface area contributed by atoms with Crippen LogP contribution >= 0.6 is 0 Å². The molecular formula is C11H20N4O4S2. The molecule has 1 atom stereocenters. The lowest BCUT2D eigenvalue weighted by molar-refractivity contribution is 0.556. The van der Waals surface area contributed by atoms with Crippen LogP contribution in [0, 0.1) is 6.92 Å². The highest BCUT2D eigenvalue weighted by atomic mass is 32.2. The summed E-state index contributed by atoms with van der Waals surface area (Å²) >= 11 is 0. The maximum atomic E-state index is 12.4. The van der Waals surface area contributed by atoms with Gasteiger partial charge in [0.1, 0.15) is 0 Å². The van der Waals surface area contributed by atoms with E-state index >= 15 is 0 Å². The smallest absolute Gasteiger partial charge is 0.260 e. The molecule has 0 aromatic carbocycles. The molecule has 0 aliphatic carbocycles. The fourth-order valence-electron chi connectivity index (χ4n) is 2.27. The molecule has 0 radical (unpaired) electrons. The van der Waals surface area contributed by atoms with E-state index in [9.17, 15) is 16.8 Å². The molecule has 0 bridgehead atoms. The summed E-state index contributed by atoms with van der Waals surface area (Å²) in [7, 11) is -6.97. The van der Waals surface area contributed by atoms with E-state index in [0.717, 1.165) is 0 Å². The van der Waals surface area contributed by atoms with Gasteiger partial charge in [0.15, 0.2) is 14.9 Å². The molecule has 10 heteroatoms. The number of aromatic nitrogens is 2.